The van der Waals surface area contributed by atoms with Crippen molar-refractivity contribution in [1.82, 2.24) is 10.2 Å². The maximum absolute atomic E-state index is 13.4. The molecular weight excluding hydrogens is 599 g/mol. The Kier molecular flexibility index (Phi) is 10.3. The molecule has 4 heterocycles. The minimum Gasteiger partial charge on any atom is -0.444 e. The standard InChI is InChI=1S/C18H24FNO3.C13H16FNO.C2HF3O/c1-17(2,3)23-16(21)20-9-5-6-15(20)18(4)14-8-7-13(19)10-12(14)11-22-18;1-13(12-3-2-6-15-12)11-5-4-10(14)7-9(11)8-16-13;3-2(4,5)1-6/h7-8,10,15H,5-6,9,11H2,1-4H3;4-5,7,12,15H,2-3,6,8H2,1H3;1H/t15-,18+;12-,13-;/m11./s1. The number of alkyl halides is 3. The summed E-state index contributed by atoms with van der Waals surface area (Å²) in [5.41, 5.74) is 2.56. The van der Waals surface area contributed by atoms with Crippen molar-refractivity contribution in [3.05, 3.63) is 70.3 Å². The second kappa shape index (κ2) is 13.3. The van der Waals surface area contributed by atoms with E-state index in [9.17, 15) is 26.7 Å². The zero-order chi connectivity index (χ0) is 33.2. The Morgan fingerprint density at radius 1 is 0.933 bits per heavy atom. The van der Waals surface area contributed by atoms with Crippen molar-refractivity contribution in [2.24, 2.45) is 0 Å². The van der Waals surface area contributed by atoms with Gasteiger partial charge in [0.25, 0.3) is 0 Å². The van der Waals surface area contributed by atoms with E-state index in [0.717, 1.165) is 48.1 Å². The number of halogens is 5. The highest BCUT2D eigenvalue weighted by atomic mass is 19.4. The summed E-state index contributed by atoms with van der Waals surface area (Å²) in [6.45, 7) is 12.3. The van der Waals surface area contributed by atoms with Gasteiger partial charge in [0.15, 0.2) is 0 Å². The number of aldehydes is 1. The molecular formula is C33H41F5N2O5. The lowest BCUT2D eigenvalue weighted by molar-refractivity contribution is -0.156. The number of hydrogen-bond acceptors (Lipinski definition) is 6. The van der Waals surface area contributed by atoms with E-state index in [2.05, 4.69) is 12.2 Å². The fourth-order valence-electron chi connectivity index (χ4n) is 6.54. The lowest BCUT2D eigenvalue weighted by Gasteiger charge is -2.38. The second-order valence-corrected chi connectivity index (χ2v) is 13.0. The van der Waals surface area contributed by atoms with Crippen LogP contribution < -0.4 is 5.32 Å². The largest absolute Gasteiger partial charge is 0.446 e. The maximum atomic E-state index is 13.4. The van der Waals surface area contributed by atoms with Crippen LogP contribution in [0.25, 0.3) is 0 Å². The van der Waals surface area contributed by atoms with Gasteiger partial charge in [-0.1, -0.05) is 12.1 Å². The Morgan fingerprint density at radius 3 is 1.96 bits per heavy atom. The maximum Gasteiger partial charge on any atom is 0.446 e. The summed E-state index contributed by atoms with van der Waals surface area (Å²) in [5, 5.41) is 3.48. The summed E-state index contributed by atoms with van der Waals surface area (Å²) in [7, 11) is 0. The molecule has 0 spiro atoms. The molecule has 1 N–H and O–H groups in total. The number of carbonyl (C=O) groups excluding carboxylic acids is 2. The molecule has 45 heavy (non-hydrogen) atoms. The predicted molar refractivity (Wildman–Crippen MR) is 156 cm³/mol. The van der Waals surface area contributed by atoms with Crippen LogP contribution in [0.5, 0.6) is 0 Å². The smallest absolute Gasteiger partial charge is 0.444 e. The third-order valence-corrected chi connectivity index (χ3v) is 8.63. The minimum absolute atomic E-state index is 0.0935. The van der Waals surface area contributed by atoms with Gasteiger partial charge in [0.05, 0.1) is 19.3 Å². The third kappa shape index (κ3) is 8.01. The first-order valence-corrected chi connectivity index (χ1v) is 15.1. The van der Waals surface area contributed by atoms with Crippen LogP contribution in [0.2, 0.25) is 0 Å². The number of likely N-dealkylation sites (tertiary alicyclic amines) is 1. The van der Waals surface area contributed by atoms with Crippen molar-refractivity contribution in [3.8, 4) is 0 Å². The lowest BCUT2D eigenvalue weighted by atomic mass is 9.86. The average Bonchev–Trinajstić information content (AvgIpc) is 3.76. The van der Waals surface area contributed by atoms with Crippen molar-refractivity contribution in [2.45, 2.75) is 109 Å². The number of nitrogens with zero attached hydrogens (tertiary/aromatic N) is 1. The lowest BCUT2D eigenvalue weighted by Crippen LogP contribution is -2.49. The number of carbonyl (C=O) groups is 2. The van der Waals surface area contributed by atoms with Crippen molar-refractivity contribution in [1.29, 1.82) is 0 Å². The van der Waals surface area contributed by atoms with Crippen molar-refractivity contribution < 1.29 is 45.8 Å². The fourth-order valence-corrected chi connectivity index (χ4v) is 6.54. The molecule has 4 aliphatic heterocycles. The Hall–Kier alpha value is -3.09. The summed E-state index contributed by atoms with van der Waals surface area (Å²) < 4.78 is 75.3. The van der Waals surface area contributed by atoms with Gasteiger partial charge in [-0.2, -0.15) is 13.2 Å². The molecule has 0 saturated carbocycles. The van der Waals surface area contributed by atoms with E-state index in [1.165, 1.54) is 24.6 Å². The molecule has 0 unspecified atom stereocenters. The molecule has 1 amide bonds. The van der Waals surface area contributed by atoms with Gasteiger partial charge in [-0.05, 0) is 113 Å². The predicted octanol–water partition coefficient (Wildman–Crippen LogP) is 7.04. The summed E-state index contributed by atoms with van der Waals surface area (Å²) in [6, 6.07) is 10.0. The van der Waals surface area contributed by atoms with E-state index in [1.807, 2.05) is 33.8 Å². The van der Waals surface area contributed by atoms with Gasteiger partial charge in [0.1, 0.15) is 28.4 Å². The quantitative estimate of drug-likeness (QED) is 0.280. The highest BCUT2D eigenvalue weighted by Crippen LogP contribution is 2.45. The Labute approximate surface area is 260 Å². The van der Waals surface area contributed by atoms with Gasteiger partial charge in [0, 0.05) is 12.6 Å². The first-order chi connectivity index (χ1) is 21.0. The number of nitrogens with one attached hydrogen (secondary N) is 1. The minimum atomic E-state index is -4.64. The van der Waals surface area contributed by atoms with Crippen LogP contribution in [0, 0.1) is 11.6 Å². The first-order valence-electron chi connectivity index (χ1n) is 15.1. The van der Waals surface area contributed by atoms with E-state index in [4.69, 9.17) is 19.0 Å². The molecule has 2 aromatic carbocycles. The molecule has 2 fully saturated rings. The van der Waals surface area contributed by atoms with Crippen molar-refractivity contribution in [3.63, 3.8) is 0 Å². The van der Waals surface area contributed by atoms with Crippen LogP contribution in [0.4, 0.5) is 26.7 Å². The molecule has 248 valence electrons. The molecule has 2 aromatic rings. The highest BCUT2D eigenvalue weighted by molar-refractivity contribution is 5.69. The van der Waals surface area contributed by atoms with Crippen LogP contribution in [0.15, 0.2) is 36.4 Å². The molecule has 6 rings (SSSR count). The monoisotopic (exact) mass is 640 g/mol. The molecule has 12 heteroatoms. The number of amides is 1. The first kappa shape index (κ1) is 34.8. The topological polar surface area (TPSA) is 77.1 Å². The van der Waals surface area contributed by atoms with Crippen molar-refractivity contribution in [2.75, 3.05) is 13.1 Å². The van der Waals surface area contributed by atoms with Crippen LogP contribution in [0.3, 0.4) is 0 Å². The third-order valence-electron chi connectivity index (χ3n) is 8.63. The van der Waals surface area contributed by atoms with Gasteiger partial charge < -0.3 is 24.4 Å². The van der Waals surface area contributed by atoms with E-state index in [-0.39, 0.29) is 29.4 Å². The average molecular weight is 641 g/mol. The molecule has 2 saturated heterocycles. The summed E-state index contributed by atoms with van der Waals surface area (Å²) in [4.78, 5) is 23.0. The Balaban J connectivity index is 0.000000181. The number of fused-ring (bicyclic) bond motifs is 2. The van der Waals surface area contributed by atoms with E-state index in [1.54, 1.807) is 17.0 Å². The zero-order valence-corrected chi connectivity index (χ0v) is 26.2. The summed E-state index contributed by atoms with van der Waals surface area (Å²) in [5.74, 6) is -0.432. The van der Waals surface area contributed by atoms with Crippen LogP contribution in [-0.4, -0.2) is 54.2 Å². The molecule has 4 atom stereocenters. The van der Waals surface area contributed by atoms with Crippen LogP contribution >= 0.6 is 0 Å². The molecule has 4 aliphatic rings. The normalized spacial score (nSPS) is 27.1. The summed E-state index contributed by atoms with van der Waals surface area (Å²) >= 11 is 0. The Bertz CT molecular complexity index is 1370. The number of hydrogen-bond donors (Lipinski definition) is 1. The van der Waals surface area contributed by atoms with Gasteiger partial charge >= 0.3 is 12.3 Å². The molecule has 7 nitrogen and oxygen atoms in total. The molecule has 0 aromatic heterocycles. The van der Waals surface area contributed by atoms with Crippen LogP contribution in [-0.2, 0) is 43.4 Å². The van der Waals surface area contributed by atoms with E-state index >= 15 is 0 Å². The second-order valence-electron chi connectivity index (χ2n) is 13.0. The molecule has 0 bridgehead atoms. The zero-order valence-electron chi connectivity index (χ0n) is 26.2. The number of ether oxygens (including phenoxy) is 3. The van der Waals surface area contributed by atoms with Gasteiger partial charge in [-0.15, -0.1) is 0 Å². The molecule has 0 radical (unpaired) electrons. The molecule has 0 aliphatic carbocycles. The van der Waals surface area contributed by atoms with Crippen LogP contribution in [0.1, 0.15) is 82.6 Å². The van der Waals surface area contributed by atoms with Gasteiger partial charge in [0.2, 0.25) is 6.29 Å². The Morgan fingerprint density at radius 2 is 1.47 bits per heavy atom. The fraction of sp³-hybridized carbons (Fsp3) is 0.576. The van der Waals surface area contributed by atoms with Gasteiger partial charge in [-0.25, -0.2) is 13.6 Å². The number of rotatable bonds is 2. The van der Waals surface area contributed by atoms with E-state index < -0.39 is 23.7 Å². The summed E-state index contributed by atoms with van der Waals surface area (Å²) in [6.07, 6.45) is -1.91. The highest BCUT2D eigenvalue weighted by Gasteiger charge is 2.49. The van der Waals surface area contributed by atoms with E-state index in [0.29, 0.717) is 25.8 Å². The van der Waals surface area contributed by atoms with Gasteiger partial charge in [-0.3, -0.25) is 4.79 Å². The SMILES string of the molecule is CC(C)(C)OC(=O)N1CCC[C@@H]1[C@@]1(C)OCc2cc(F)ccc21.C[C@@]1([C@H]2CCCN2)OCc2cc(F)ccc21.O=CC(F)(F)F. The number of benzene rings is 2. The van der Waals surface area contributed by atoms with Crippen molar-refractivity contribution >= 4 is 12.4 Å².